The summed E-state index contributed by atoms with van der Waals surface area (Å²) in [5.74, 6) is 1.40. The average molecular weight is 456 g/mol. The lowest BCUT2D eigenvalue weighted by Crippen LogP contribution is -2.20. The first-order valence-corrected chi connectivity index (χ1v) is 9.72. The molecule has 7 nitrogen and oxygen atoms in total. The largest absolute Gasteiger partial charge is 0.396 e. The highest BCUT2D eigenvalue weighted by Gasteiger charge is 2.23. The molecular weight excluding hydrogens is 433 g/mol. The summed E-state index contributed by atoms with van der Waals surface area (Å²) in [5, 5.41) is 22.9. The topological polar surface area (TPSA) is 94.4 Å². The van der Waals surface area contributed by atoms with Crippen LogP contribution in [0.3, 0.4) is 0 Å². The van der Waals surface area contributed by atoms with Crippen LogP contribution in [0.2, 0.25) is 0 Å². The standard InChI is InChI=1S/C19H21N5O2S.2ClH/c25-9-6-13-4-7-20-18(10-13)23-17-3-1-2-15(22-17)16-11-21-19(27-16)24-8-5-14(26)12-24;;/h1-4,7,10-11,14,25-26H,5-6,8-9,12H2,(H,20,22,23);2*1H. The summed E-state index contributed by atoms with van der Waals surface area (Å²) < 4.78 is 0. The number of aromatic nitrogens is 3. The minimum absolute atomic E-state index is 0. The summed E-state index contributed by atoms with van der Waals surface area (Å²) >= 11 is 1.58. The van der Waals surface area contributed by atoms with Crippen LogP contribution >= 0.6 is 36.2 Å². The summed E-state index contributed by atoms with van der Waals surface area (Å²) in [5.41, 5.74) is 1.86. The molecule has 4 rings (SSSR count). The van der Waals surface area contributed by atoms with Crippen molar-refractivity contribution >= 4 is 52.9 Å². The third-order valence-corrected chi connectivity index (χ3v) is 5.49. The van der Waals surface area contributed by atoms with Gasteiger partial charge in [0.15, 0.2) is 5.13 Å². The SMILES string of the molecule is Cl.Cl.OCCc1ccnc(Nc2cccc(-c3cnc(N4CCC(O)C4)s3)n2)c1. The van der Waals surface area contributed by atoms with Crippen LogP contribution in [0.15, 0.2) is 42.7 Å². The fraction of sp³-hybridized carbons (Fsp3) is 0.316. The Labute approximate surface area is 185 Å². The van der Waals surface area contributed by atoms with Gasteiger partial charge in [-0.25, -0.2) is 15.0 Å². The molecular formula is C19H23Cl2N5O2S. The Morgan fingerprint density at radius 1 is 1.17 bits per heavy atom. The first-order valence-electron chi connectivity index (χ1n) is 8.90. The lowest BCUT2D eigenvalue weighted by atomic mass is 10.2. The maximum absolute atomic E-state index is 9.71. The molecule has 1 fully saturated rings. The highest BCUT2D eigenvalue weighted by molar-refractivity contribution is 7.18. The van der Waals surface area contributed by atoms with Crippen LogP contribution < -0.4 is 10.2 Å². The van der Waals surface area contributed by atoms with Crippen LogP contribution in [0.25, 0.3) is 10.6 Å². The second-order valence-corrected chi connectivity index (χ2v) is 7.46. The molecule has 0 saturated carbocycles. The molecule has 3 N–H and O–H groups in total. The summed E-state index contributed by atoms with van der Waals surface area (Å²) in [6, 6.07) is 9.59. The number of hydrogen-bond donors (Lipinski definition) is 3. The molecule has 29 heavy (non-hydrogen) atoms. The molecule has 10 heteroatoms. The monoisotopic (exact) mass is 455 g/mol. The minimum Gasteiger partial charge on any atom is -0.396 e. The van der Waals surface area contributed by atoms with E-state index in [1.807, 2.05) is 36.5 Å². The van der Waals surface area contributed by atoms with E-state index in [4.69, 9.17) is 5.11 Å². The van der Waals surface area contributed by atoms with Gasteiger partial charge in [0, 0.05) is 32.1 Å². The van der Waals surface area contributed by atoms with E-state index in [-0.39, 0.29) is 37.5 Å². The number of aliphatic hydroxyl groups excluding tert-OH is 2. The Balaban J connectivity index is 0.00000150. The van der Waals surface area contributed by atoms with Crippen molar-refractivity contribution in [2.75, 3.05) is 29.9 Å². The van der Waals surface area contributed by atoms with Gasteiger partial charge in [0.1, 0.15) is 11.6 Å². The van der Waals surface area contributed by atoms with E-state index in [1.165, 1.54) is 0 Å². The number of aliphatic hydroxyl groups is 2. The molecule has 1 aliphatic rings. The van der Waals surface area contributed by atoms with Gasteiger partial charge in [0.25, 0.3) is 0 Å². The van der Waals surface area contributed by atoms with Crippen molar-refractivity contribution in [1.29, 1.82) is 0 Å². The van der Waals surface area contributed by atoms with Crippen molar-refractivity contribution in [2.45, 2.75) is 18.9 Å². The Morgan fingerprint density at radius 3 is 2.79 bits per heavy atom. The number of pyridine rings is 2. The second-order valence-electron chi connectivity index (χ2n) is 6.45. The number of rotatable bonds is 6. The van der Waals surface area contributed by atoms with E-state index in [2.05, 4.69) is 25.2 Å². The Bertz CT molecular complexity index is 927. The molecule has 0 bridgehead atoms. The molecule has 1 saturated heterocycles. The quantitative estimate of drug-likeness (QED) is 0.524. The molecule has 0 radical (unpaired) electrons. The average Bonchev–Trinajstić information content (AvgIpc) is 3.32. The van der Waals surface area contributed by atoms with Crippen LogP contribution in [-0.2, 0) is 6.42 Å². The highest BCUT2D eigenvalue weighted by Crippen LogP contribution is 2.32. The van der Waals surface area contributed by atoms with Gasteiger partial charge in [0.2, 0.25) is 0 Å². The number of anilines is 3. The smallest absolute Gasteiger partial charge is 0.185 e. The molecule has 0 aliphatic carbocycles. The van der Waals surface area contributed by atoms with E-state index in [9.17, 15) is 5.11 Å². The fourth-order valence-corrected chi connectivity index (χ4v) is 3.97. The zero-order valence-corrected chi connectivity index (χ0v) is 18.0. The van der Waals surface area contributed by atoms with E-state index in [0.29, 0.717) is 24.6 Å². The molecule has 0 amide bonds. The van der Waals surface area contributed by atoms with Gasteiger partial charge in [0.05, 0.1) is 16.7 Å². The molecule has 1 unspecified atom stereocenters. The van der Waals surface area contributed by atoms with Gasteiger partial charge in [-0.2, -0.15) is 0 Å². The predicted molar refractivity (Wildman–Crippen MR) is 121 cm³/mol. The van der Waals surface area contributed by atoms with Gasteiger partial charge in [-0.3, -0.25) is 0 Å². The Hall–Kier alpha value is -1.97. The van der Waals surface area contributed by atoms with E-state index in [1.54, 1.807) is 17.5 Å². The molecule has 0 aromatic carbocycles. The minimum atomic E-state index is -0.267. The van der Waals surface area contributed by atoms with Crippen LogP contribution in [-0.4, -0.2) is 51.0 Å². The maximum Gasteiger partial charge on any atom is 0.185 e. The van der Waals surface area contributed by atoms with Gasteiger partial charge < -0.3 is 20.4 Å². The molecule has 3 aromatic rings. The number of hydrogen-bond acceptors (Lipinski definition) is 8. The van der Waals surface area contributed by atoms with Crippen molar-refractivity contribution < 1.29 is 10.2 Å². The predicted octanol–water partition coefficient (Wildman–Crippen LogP) is 3.29. The molecule has 156 valence electrons. The van der Waals surface area contributed by atoms with E-state index in [0.717, 1.165) is 34.2 Å². The van der Waals surface area contributed by atoms with Gasteiger partial charge >= 0.3 is 0 Å². The van der Waals surface area contributed by atoms with Crippen LogP contribution in [0, 0.1) is 0 Å². The van der Waals surface area contributed by atoms with Gasteiger partial charge in [-0.1, -0.05) is 17.4 Å². The van der Waals surface area contributed by atoms with E-state index >= 15 is 0 Å². The Kier molecular flexibility index (Phi) is 8.60. The summed E-state index contributed by atoms with van der Waals surface area (Å²) in [6.45, 7) is 1.58. The van der Waals surface area contributed by atoms with Crippen molar-refractivity contribution in [2.24, 2.45) is 0 Å². The number of halogens is 2. The van der Waals surface area contributed by atoms with E-state index < -0.39 is 0 Å². The second kappa shape index (κ2) is 10.7. The first kappa shape index (κ1) is 23.3. The summed E-state index contributed by atoms with van der Waals surface area (Å²) in [4.78, 5) is 16.6. The zero-order chi connectivity index (χ0) is 18.6. The number of nitrogens with zero attached hydrogens (tertiary/aromatic N) is 4. The number of β-amino-alcohol motifs (C(OH)–C–C–N with tert-alkyl or cyclic N) is 1. The molecule has 1 atom stereocenters. The van der Waals surface area contributed by atoms with Crippen LogP contribution in [0.5, 0.6) is 0 Å². The van der Waals surface area contributed by atoms with Crippen molar-refractivity contribution in [3.8, 4) is 10.6 Å². The van der Waals surface area contributed by atoms with Crippen molar-refractivity contribution in [3.05, 3.63) is 48.3 Å². The third kappa shape index (κ3) is 5.77. The van der Waals surface area contributed by atoms with Gasteiger partial charge in [-0.05, 0) is 42.7 Å². The molecule has 0 spiro atoms. The third-order valence-electron chi connectivity index (χ3n) is 4.41. The van der Waals surface area contributed by atoms with Gasteiger partial charge in [-0.15, -0.1) is 24.8 Å². The van der Waals surface area contributed by atoms with Crippen LogP contribution in [0.4, 0.5) is 16.8 Å². The molecule has 1 aliphatic heterocycles. The van der Waals surface area contributed by atoms with Crippen LogP contribution in [0.1, 0.15) is 12.0 Å². The Morgan fingerprint density at radius 2 is 2.03 bits per heavy atom. The zero-order valence-electron chi connectivity index (χ0n) is 15.6. The van der Waals surface area contributed by atoms with Crippen molar-refractivity contribution in [3.63, 3.8) is 0 Å². The summed E-state index contributed by atoms with van der Waals surface area (Å²) in [6.07, 6.45) is 4.67. The molecule has 4 heterocycles. The van der Waals surface area contributed by atoms with Crippen molar-refractivity contribution in [1.82, 2.24) is 15.0 Å². The summed E-state index contributed by atoms with van der Waals surface area (Å²) in [7, 11) is 0. The lowest BCUT2D eigenvalue weighted by molar-refractivity contribution is 0.198. The number of nitrogens with one attached hydrogen (secondary N) is 1. The normalized spacial score (nSPS) is 15.5. The number of thiazole rings is 1. The lowest BCUT2D eigenvalue weighted by Gasteiger charge is -2.12. The highest BCUT2D eigenvalue weighted by atomic mass is 35.5. The first-order chi connectivity index (χ1) is 13.2. The fourth-order valence-electron chi connectivity index (χ4n) is 3.05. The molecule has 3 aromatic heterocycles. The maximum atomic E-state index is 9.71.